The molecular weight excluding hydrogens is 471 g/mol. The van der Waals surface area contributed by atoms with Crippen LogP contribution >= 0.6 is 40.7 Å². The maximum atomic E-state index is 4.94. The van der Waals surface area contributed by atoms with Crippen LogP contribution < -0.4 is 0 Å². The fourth-order valence-corrected chi connectivity index (χ4v) is 4.41. The van der Waals surface area contributed by atoms with Gasteiger partial charge in [-0.25, -0.2) is 4.98 Å². The topological polar surface area (TPSA) is 25.5 Å². The summed E-state index contributed by atoms with van der Waals surface area (Å²) in [7, 11) is 0. The Morgan fingerprint density at radius 2 is 1.59 bits per heavy atom. The second kappa shape index (κ2) is 9.52. The van der Waals surface area contributed by atoms with Crippen molar-refractivity contribution in [2.24, 2.45) is 0 Å². The van der Waals surface area contributed by atoms with Crippen molar-refractivity contribution in [2.75, 3.05) is 19.6 Å². The van der Waals surface area contributed by atoms with Gasteiger partial charge in [-0.15, -0.1) is 24.8 Å². The molecule has 1 fully saturated rings. The Balaban J connectivity index is 0.00000120. The standard InChI is InChI=1S/C22H23BrN4.2ClH/c23-18-10-8-17(9-11-18)21-16-27-20-7-3-2-6-19(20)24-22(27)26(21)15-14-25-12-4-1-5-13-25;;/h2-3,6-11,16H,1,4-5,12-15H2;2*1H. The third-order valence-corrected chi connectivity index (χ3v) is 6.12. The van der Waals surface area contributed by atoms with E-state index in [1.807, 2.05) is 0 Å². The Hall–Kier alpha value is -1.53. The lowest BCUT2D eigenvalue weighted by Gasteiger charge is -2.26. The Bertz CT molecular complexity index is 1080. The summed E-state index contributed by atoms with van der Waals surface area (Å²) < 4.78 is 5.73. The second-order valence-corrected chi connectivity index (χ2v) is 8.26. The first-order valence-corrected chi connectivity index (χ1v) is 10.5. The normalized spacial score (nSPS) is 14.7. The fourth-order valence-electron chi connectivity index (χ4n) is 4.15. The molecule has 0 spiro atoms. The molecule has 1 saturated heterocycles. The number of hydrogen-bond donors (Lipinski definition) is 0. The van der Waals surface area contributed by atoms with Gasteiger partial charge in [-0.1, -0.05) is 46.6 Å². The first kappa shape index (κ1) is 22.2. The minimum Gasteiger partial charge on any atom is -0.308 e. The molecule has 0 atom stereocenters. The van der Waals surface area contributed by atoms with Crippen LogP contribution in [0.15, 0.2) is 59.2 Å². The van der Waals surface area contributed by atoms with Crippen molar-refractivity contribution in [1.82, 2.24) is 18.9 Å². The van der Waals surface area contributed by atoms with Crippen LogP contribution in [-0.4, -0.2) is 38.5 Å². The Morgan fingerprint density at radius 3 is 2.34 bits per heavy atom. The SMILES string of the molecule is Brc1ccc(-c2cn3c4ccccc4nc3n2CCN2CCCCC2)cc1.Cl.Cl. The lowest BCUT2D eigenvalue weighted by Crippen LogP contribution is -2.32. The van der Waals surface area contributed by atoms with Crippen LogP contribution in [0.25, 0.3) is 28.1 Å². The maximum Gasteiger partial charge on any atom is 0.215 e. The van der Waals surface area contributed by atoms with Crippen LogP contribution in [0.5, 0.6) is 0 Å². The number of piperidine rings is 1. The number of para-hydroxylation sites is 2. The van der Waals surface area contributed by atoms with Crippen LogP contribution in [0.1, 0.15) is 19.3 Å². The maximum absolute atomic E-state index is 4.94. The molecule has 1 aliphatic heterocycles. The van der Waals surface area contributed by atoms with Crippen molar-refractivity contribution >= 4 is 57.6 Å². The highest BCUT2D eigenvalue weighted by molar-refractivity contribution is 9.10. The van der Waals surface area contributed by atoms with Gasteiger partial charge >= 0.3 is 0 Å². The summed E-state index contributed by atoms with van der Waals surface area (Å²) in [5.41, 5.74) is 4.68. The number of aromatic nitrogens is 3. The van der Waals surface area contributed by atoms with E-state index in [9.17, 15) is 0 Å². The zero-order valence-corrected chi connectivity index (χ0v) is 19.3. The molecule has 1 aliphatic rings. The van der Waals surface area contributed by atoms with Crippen LogP contribution in [0.2, 0.25) is 0 Å². The van der Waals surface area contributed by atoms with Crippen LogP contribution in [0.3, 0.4) is 0 Å². The predicted molar refractivity (Wildman–Crippen MR) is 129 cm³/mol. The Kier molecular flexibility index (Phi) is 7.28. The fraction of sp³-hybridized carbons (Fsp3) is 0.318. The largest absolute Gasteiger partial charge is 0.308 e. The molecule has 7 heteroatoms. The molecule has 0 amide bonds. The van der Waals surface area contributed by atoms with Gasteiger partial charge in [-0.3, -0.25) is 4.40 Å². The smallest absolute Gasteiger partial charge is 0.215 e. The summed E-state index contributed by atoms with van der Waals surface area (Å²) in [5, 5.41) is 0. The highest BCUT2D eigenvalue weighted by atomic mass is 79.9. The number of nitrogens with zero attached hydrogens (tertiary/aromatic N) is 4. The highest BCUT2D eigenvalue weighted by Gasteiger charge is 2.17. The van der Waals surface area contributed by atoms with Crippen molar-refractivity contribution in [3.05, 3.63) is 59.2 Å². The third kappa shape index (κ3) is 4.33. The third-order valence-electron chi connectivity index (χ3n) is 5.59. The number of halogens is 3. The van der Waals surface area contributed by atoms with E-state index in [-0.39, 0.29) is 24.8 Å². The quantitative estimate of drug-likeness (QED) is 0.344. The lowest BCUT2D eigenvalue weighted by atomic mass is 10.1. The summed E-state index contributed by atoms with van der Waals surface area (Å²) in [4.78, 5) is 7.53. The van der Waals surface area contributed by atoms with Gasteiger partial charge in [-0.2, -0.15) is 0 Å². The minimum atomic E-state index is 0. The van der Waals surface area contributed by atoms with Gasteiger partial charge in [0.2, 0.25) is 5.78 Å². The molecule has 0 bridgehead atoms. The zero-order valence-electron chi connectivity index (χ0n) is 16.1. The number of rotatable bonds is 4. The number of fused-ring (bicyclic) bond motifs is 3. The van der Waals surface area contributed by atoms with Crippen molar-refractivity contribution < 1.29 is 0 Å². The molecule has 5 rings (SSSR count). The van der Waals surface area contributed by atoms with Crippen molar-refractivity contribution in [1.29, 1.82) is 0 Å². The van der Waals surface area contributed by atoms with E-state index in [0.717, 1.165) is 28.9 Å². The molecule has 0 aliphatic carbocycles. The molecule has 0 unspecified atom stereocenters. The number of imidazole rings is 2. The second-order valence-electron chi connectivity index (χ2n) is 7.35. The molecule has 154 valence electrons. The summed E-state index contributed by atoms with van der Waals surface area (Å²) >= 11 is 3.55. The summed E-state index contributed by atoms with van der Waals surface area (Å²) in [6.45, 7) is 4.49. The summed E-state index contributed by atoms with van der Waals surface area (Å²) in [6, 6.07) is 17.0. The summed E-state index contributed by atoms with van der Waals surface area (Å²) in [5.74, 6) is 1.03. The molecule has 2 aromatic heterocycles. The molecular formula is C22H25BrCl2N4. The lowest BCUT2D eigenvalue weighted by molar-refractivity contribution is 0.222. The van der Waals surface area contributed by atoms with Gasteiger partial charge in [0.15, 0.2) is 0 Å². The monoisotopic (exact) mass is 494 g/mol. The zero-order chi connectivity index (χ0) is 18.2. The van der Waals surface area contributed by atoms with Gasteiger partial charge in [0.25, 0.3) is 0 Å². The van der Waals surface area contributed by atoms with E-state index in [0.29, 0.717) is 0 Å². The molecule has 4 aromatic rings. The summed E-state index contributed by atoms with van der Waals surface area (Å²) in [6.07, 6.45) is 6.27. The average Bonchev–Trinajstić information content (AvgIpc) is 3.24. The number of likely N-dealkylation sites (tertiary alicyclic amines) is 1. The van der Waals surface area contributed by atoms with E-state index in [4.69, 9.17) is 4.98 Å². The van der Waals surface area contributed by atoms with Gasteiger partial charge in [0, 0.05) is 23.8 Å². The predicted octanol–water partition coefficient (Wildman–Crippen LogP) is 6.05. The molecule has 0 N–H and O–H groups in total. The van der Waals surface area contributed by atoms with Gasteiger partial charge < -0.3 is 9.47 Å². The van der Waals surface area contributed by atoms with Crippen molar-refractivity contribution in [2.45, 2.75) is 25.8 Å². The molecule has 0 saturated carbocycles. The molecule has 4 nitrogen and oxygen atoms in total. The number of hydrogen-bond acceptors (Lipinski definition) is 2. The molecule has 0 radical (unpaired) electrons. The Labute approximate surface area is 191 Å². The van der Waals surface area contributed by atoms with Gasteiger partial charge in [0.05, 0.1) is 16.7 Å². The van der Waals surface area contributed by atoms with Crippen molar-refractivity contribution in [3.8, 4) is 11.3 Å². The average molecular weight is 496 g/mol. The van der Waals surface area contributed by atoms with Crippen LogP contribution in [0.4, 0.5) is 0 Å². The van der Waals surface area contributed by atoms with Gasteiger partial charge in [0.1, 0.15) is 0 Å². The Morgan fingerprint density at radius 1 is 0.862 bits per heavy atom. The van der Waals surface area contributed by atoms with E-state index >= 15 is 0 Å². The van der Waals surface area contributed by atoms with E-state index in [2.05, 4.69) is 84.5 Å². The first-order chi connectivity index (χ1) is 13.3. The van der Waals surface area contributed by atoms with E-state index in [1.54, 1.807) is 0 Å². The van der Waals surface area contributed by atoms with E-state index < -0.39 is 0 Å². The highest BCUT2D eigenvalue weighted by Crippen LogP contribution is 2.28. The molecule has 2 aromatic carbocycles. The number of benzene rings is 2. The van der Waals surface area contributed by atoms with Crippen LogP contribution in [0, 0.1) is 0 Å². The molecule has 3 heterocycles. The molecule has 29 heavy (non-hydrogen) atoms. The van der Waals surface area contributed by atoms with Gasteiger partial charge in [-0.05, 0) is 55.8 Å². The minimum absolute atomic E-state index is 0. The van der Waals surface area contributed by atoms with E-state index in [1.165, 1.54) is 49.1 Å². The van der Waals surface area contributed by atoms with Crippen LogP contribution in [-0.2, 0) is 6.54 Å². The first-order valence-electron chi connectivity index (χ1n) is 9.74. The van der Waals surface area contributed by atoms with Crippen molar-refractivity contribution in [3.63, 3.8) is 0 Å².